The van der Waals surface area contributed by atoms with Gasteiger partial charge in [0, 0.05) is 5.75 Å². The lowest BCUT2D eigenvalue weighted by molar-refractivity contribution is -0.147. The van der Waals surface area contributed by atoms with E-state index >= 15 is 0 Å². The lowest BCUT2D eigenvalue weighted by Gasteiger charge is -2.23. The fourth-order valence-corrected chi connectivity index (χ4v) is 3.49. The highest BCUT2D eigenvalue weighted by atomic mass is 32.2. The number of carbonyl (C=O) groups is 2. The molecule has 2 rings (SSSR count). The molecule has 1 amide bonds. The quantitative estimate of drug-likeness (QED) is 0.827. The summed E-state index contributed by atoms with van der Waals surface area (Å²) < 4.78 is 0. The van der Waals surface area contributed by atoms with Crippen LogP contribution >= 0.6 is 24.4 Å². The Labute approximate surface area is 121 Å². The zero-order chi connectivity index (χ0) is 13.8. The number of carbonyl (C=O) groups excluding carboxylic acids is 1. The van der Waals surface area contributed by atoms with Gasteiger partial charge in [-0.15, -0.1) is 11.8 Å². The number of nitrogens with zero attached hydrogens (tertiary/aromatic N) is 1. The number of rotatable bonds is 4. The third-order valence-corrected chi connectivity index (χ3v) is 4.42. The Morgan fingerprint density at radius 2 is 2.11 bits per heavy atom. The molecule has 1 aromatic rings. The number of carboxylic acid groups (broad SMARTS) is 1. The van der Waals surface area contributed by atoms with Gasteiger partial charge in [0.2, 0.25) is 5.91 Å². The first-order valence-electron chi connectivity index (χ1n) is 5.92. The van der Waals surface area contributed by atoms with Crippen LogP contribution in [0.4, 0.5) is 0 Å². The van der Waals surface area contributed by atoms with E-state index in [1.54, 1.807) is 0 Å². The molecule has 0 spiro atoms. The zero-order valence-electron chi connectivity index (χ0n) is 10.2. The third kappa shape index (κ3) is 3.45. The molecular weight excluding hydrogens is 282 g/mol. The third-order valence-electron chi connectivity index (χ3n) is 3.01. The van der Waals surface area contributed by atoms with E-state index in [1.807, 2.05) is 30.3 Å². The molecule has 1 aliphatic rings. The lowest BCUT2D eigenvalue weighted by atomic mass is 10.1. The molecule has 1 heterocycles. The molecule has 2 atom stereocenters. The predicted octanol–water partition coefficient (Wildman–Crippen LogP) is 1.51. The van der Waals surface area contributed by atoms with Gasteiger partial charge >= 0.3 is 5.97 Å². The minimum atomic E-state index is -0.946. The molecule has 1 N–H and O–H groups in total. The molecule has 4 nitrogen and oxygen atoms in total. The van der Waals surface area contributed by atoms with Gasteiger partial charge in [0.25, 0.3) is 0 Å². The number of aliphatic carboxylic acids is 1. The van der Waals surface area contributed by atoms with E-state index in [0.29, 0.717) is 18.1 Å². The Hall–Kier alpha value is -1.14. The van der Waals surface area contributed by atoms with Crippen molar-refractivity contribution in [3.8, 4) is 0 Å². The highest BCUT2D eigenvalue weighted by Crippen LogP contribution is 2.23. The SMILES string of the molecule is O=C(O)[C@@H]1CSCN1C(=O)C(S)Cc1ccccc1. The second kappa shape index (κ2) is 6.34. The lowest BCUT2D eigenvalue weighted by Crippen LogP contribution is -2.45. The maximum Gasteiger partial charge on any atom is 0.327 e. The molecular formula is C13H15NO3S2. The molecule has 0 aromatic heterocycles. The van der Waals surface area contributed by atoms with Gasteiger partial charge in [-0.1, -0.05) is 30.3 Å². The molecule has 19 heavy (non-hydrogen) atoms. The largest absolute Gasteiger partial charge is 0.480 e. The van der Waals surface area contributed by atoms with Crippen LogP contribution in [0.25, 0.3) is 0 Å². The average Bonchev–Trinajstić information content (AvgIpc) is 2.88. The van der Waals surface area contributed by atoms with Gasteiger partial charge < -0.3 is 10.0 Å². The summed E-state index contributed by atoms with van der Waals surface area (Å²) >= 11 is 5.79. The molecule has 0 radical (unpaired) electrons. The molecule has 1 aromatic carbocycles. The predicted molar refractivity (Wildman–Crippen MR) is 78.5 cm³/mol. The van der Waals surface area contributed by atoms with E-state index in [4.69, 9.17) is 5.11 Å². The van der Waals surface area contributed by atoms with E-state index < -0.39 is 17.3 Å². The number of carboxylic acids is 1. The van der Waals surface area contributed by atoms with Crippen LogP contribution in [0.2, 0.25) is 0 Å². The first-order chi connectivity index (χ1) is 9.09. The Balaban J connectivity index is 2.01. The number of thioether (sulfide) groups is 1. The van der Waals surface area contributed by atoms with Gasteiger partial charge in [0.05, 0.1) is 11.1 Å². The van der Waals surface area contributed by atoms with Crippen molar-refractivity contribution in [3.05, 3.63) is 35.9 Å². The highest BCUT2D eigenvalue weighted by Gasteiger charge is 2.36. The second-order valence-electron chi connectivity index (χ2n) is 4.37. The second-order valence-corrected chi connectivity index (χ2v) is 5.99. The first-order valence-corrected chi connectivity index (χ1v) is 7.59. The molecule has 6 heteroatoms. The Morgan fingerprint density at radius 1 is 1.42 bits per heavy atom. The number of hydrogen-bond donors (Lipinski definition) is 2. The summed E-state index contributed by atoms with van der Waals surface area (Å²) in [5, 5.41) is 8.57. The van der Waals surface area contributed by atoms with Crippen LogP contribution in [0.1, 0.15) is 5.56 Å². The van der Waals surface area contributed by atoms with Crippen LogP contribution in [0.5, 0.6) is 0 Å². The van der Waals surface area contributed by atoms with E-state index in [1.165, 1.54) is 16.7 Å². The Morgan fingerprint density at radius 3 is 2.74 bits per heavy atom. The first kappa shape index (κ1) is 14.3. The summed E-state index contributed by atoms with van der Waals surface area (Å²) in [5.74, 6) is -0.266. The maximum atomic E-state index is 12.2. The van der Waals surface area contributed by atoms with Crippen molar-refractivity contribution in [2.45, 2.75) is 17.7 Å². The van der Waals surface area contributed by atoms with Crippen LogP contribution in [0.15, 0.2) is 30.3 Å². The van der Waals surface area contributed by atoms with Gasteiger partial charge in [0.1, 0.15) is 6.04 Å². The smallest absolute Gasteiger partial charge is 0.327 e. The Bertz CT molecular complexity index is 466. The number of amides is 1. The minimum absolute atomic E-state index is 0.204. The van der Waals surface area contributed by atoms with Crippen LogP contribution in [0.3, 0.4) is 0 Å². The van der Waals surface area contributed by atoms with Crippen LogP contribution in [-0.4, -0.2) is 44.8 Å². The molecule has 1 aliphatic heterocycles. The standard InChI is InChI=1S/C13H15NO3S2/c15-12(14-8-19-7-10(14)13(16)17)11(18)6-9-4-2-1-3-5-9/h1-5,10-11,18H,6-8H2,(H,16,17)/t10-,11?/m0/s1. The molecule has 1 saturated heterocycles. The van der Waals surface area contributed by atoms with Crippen LogP contribution in [-0.2, 0) is 16.0 Å². The summed E-state index contributed by atoms with van der Waals surface area (Å²) in [6, 6.07) is 8.88. The zero-order valence-corrected chi connectivity index (χ0v) is 11.9. The normalized spacial score (nSPS) is 20.3. The van der Waals surface area contributed by atoms with Gasteiger partial charge in [-0.2, -0.15) is 12.6 Å². The van der Waals surface area contributed by atoms with Crippen molar-refractivity contribution in [3.63, 3.8) is 0 Å². The Kier molecular flexibility index (Phi) is 4.76. The highest BCUT2D eigenvalue weighted by molar-refractivity contribution is 7.99. The molecule has 1 fully saturated rings. The molecule has 1 unspecified atom stereocenters. The topological polar surface area (TPSA) is 57.6 Å². The fraction of sp³-hybridized carbons (Fsp3) is 0.385. The van der Waals surface area contributed by atoms with E-state index in [9.17, 15) is 9.59 Å². The van der Waals surface area contributed by atoms with E-state index in [2.05, 4.69) is 12.6 Å². The minimum Gasteiger partial charge on any atom is -0.480 e. The summed E-state index contributed by atoms with van der Waals surface area (Å²) in [6.07, 6.45) is 0.510. The van der Waals surface area contributed by atoms with Crippen molar-refractivity contribution in [1.29, 1.82) is 0 Å². The average molecular weight is 297 g/mol. The fourth-order valence-electron chi connectivity index (χ4n) is 1.98. The molecule has 0 aliphatic carbocycles. The van der Waals surface area contributed by atoms with Gasteiger partial charge in [0.15, 0.2) is 0 Å². The van der Waals surface area contributed by atoms with Crippen LogP contribution < -0.4 is 0 Å². The van der Waals surface area contributed by atoms with E-state index in [0.717, 1.165) is 5.56 Å². The summed E-state index contributed by atoms with van der Waals surface area (Å²) in [7, 11) is 0. The number of hydrogen-bond acceptors (Lipinski definition) is 4. The van der Waals surface area contributed by atoms with Gasteiger partial charge in [-0.05, 0) is 12.0 Å². The van der Waals surface area contributed by atoms with Gasteiger partial charge in [-0.3, -0.25) is 4.79 Å². The number of thiol groups is 1. The monoisotopic (exact) mass is 297 g/mol. The molecule has 0 saturated carbocycles. The summed E-state index contributed by atoms with van der Waals surface area (Å²) in [6.45, 7) is 0. The van der Waals surface area contributed by atoms with Crippen LogP contribution in [0, 0.1) is 0 Å². The van der Waals surface area contributed by atoms with Crippen molar-refractivity contribution in [1.82, 2.24) is 4.90 Å². The molecule has 102 valence electrons. The summed E-state index contributed by atoms with van der Waals surface area (Å²) in [4.78, 5) is 24.7. The molecule has 0 bridgehead atoms. The number of benzene rings is 1. The van der Waals surface area contributed by atoms with Gasteiger partial charge in [-0.25, -0.2) is 4.79 Å². The van der Waals surface area contributed by atoms with Crippen molar-refractivity contribution < 1.29 is 14.7 Å². The maximum absolute atomic E-state index is 12.2. The van der Waals surface area contributed by atoms with E-state index in [-0.39, 0.29) is 5.91 Å². The van der Waals surface area contributed by atoms with Crippen molar-refractivity contribution in [2.24, 2.45) is 0 Å². The summed E-state index contributed by atoms with van der Waals surface area (Å²) in [5.41, 5.74) is 1.02. The van der Waals surface area contributed by atoms with Crippen molar-refractivity contribution >= 4 is 36.3 Å². The van der Waals surface area contributed by atoms with Crippen molar-refractivity contribution in [2.75, 3.05) is 11.6 Å².